The third-order valence-electron chi connectivity index (χ3n) is 4.98. The number of amides is 1. The monoisotopic (exact) mass is 489 g/mol. The first-order valence-corrected chi connectivity index (χ1v) is 11.6. The fraction of sp³-hybridized carbons (Fsp3) is 0.333. The predicted octanol–water partition coefficient (Wildman–Crippen LogP) is 4.97. The van der Waals surface area contributed by atoms with Crippen LogP contribution < -0.4 is 19.1 Å². The minimum Gasteiger partial charge on any atom is -0.494 e. The summed E-state index contributed by atoms with van der Waals surface area (Å²) in [5.41, 5.74) is 1.47. The normalized spacial score (nSPS) is 11.4. The quantitative estimate of drug-likeness (QED) is 0.374. The van der Waals surface area contributed by atoms with Gasteiger partial charge in [-0.2, -0.15) is 0 Å². The van der Waals surface area contributed by atoms with E-state index in [9.17, 15) is 4.79 Å². The van der Waals surface area contributed by atoms with E-state index in [1.807, 2.05) is 26.2 Å². The summed E-state index contributed by atoms with van der Waals surface area (Å²) in [4.78, 5) is 21.7. The van der Waals surface area contributed by atoms with Gasteiger partial charge in [-0.3, -0.25) is 9.69 Å². The number of carbonyl (C=O) groups excluding carboxylic acids is 1. The van der Waals surface area contributed by atoms with Gasteiger partial charge in [0, 0.05) is 12.6 Å². The van der Waals surface area contributed by atoms with Gasteiger partial charge in [0.2, 0.25) is 0 Å². The topological polar surface area (TPSA) is 64.1 Å². The summed E-state index contributed by atoms with van der Waals surface area (Å²) in [6.07, 6.45) is 4.09. The van der Waals surface area contributed by atoms with Gasteiger partial charge < -0.3 is 19.1 Å². The number of benzene rings is 2. The van der Waals surface area contributed by atoms with Crippen molar-refractivity contribution in [3.63, 3.8) is 0 Å². The second-order valence-corrected chi connectivity index (χ2v) is 8.90. The second kappa shape index (κ2) is 11.4. The number of carbonyl (C=O) groups is 1. The molecule has 0 N–H and O–H groups in total. The molecule has 2 aromatic carbocycles. The first kappa shape index (κ1) is 24.8. The number of hydrogen-bond donors (Lipinski definition) is 0. The van der Waals surface area contributed by atoms with Crippen LogP contribution in [-0.2, 0) is 4.79 Å². The number of methoxy groups -OCH3 is 3. The molecule has 0 unspecified atom stereocenters. The molecule has 9 heteroatoms. The minimum atomic E-state index is -0.169. The average Bonchev–Trinajstić information content (AvgIpc) is 3.26. The van der Waals surface area contributed by atoms with Crippen molar-refractivity contribution in [2.24, 2.45) is 0 Å². The van der Waals surface area contributed by atoms with Crippen LogP contribution in [0.3, 0.4) is 0 Å². The largest absolute Gasteiger partial charge is 0.494 e. The zero-order valence-corrected chi connectivity index (χ0v) is 21.0. The summed E-state index contributed by atoms with van der Waals surface area (Å²) in [5, 5.41) is 1.16. The molecule has 0 radical (unpaired) electrons. The maximum Gasteiger partial charge on any atom is 0.252 e. The van der Waals surface area contributed by atoms with E-state index >= 15 is 0 Å². The van der Waals surface area contributed by atoms with E-state index in [4.69, 9.17) is 30.8 Å². The Morgan fingerprint density at radius 2 is 1.73 bits per heavy atom. The van der Waals surface area contributed by atoms with Gasteiger partial charge in [-0.1, -0.05) is 29.0 Å². The third kappa shape index (κ3) is 5.96. The Balaban J connectivity index is 1.92. The first-order valence-electron chi connectivity index (χ1n) is 10.4. The summed E-state index contributed by atoms with van der Waals surface area (Å²) in [6, 6.07) is 9.05. The van der Waals surface area contributed by atoms with Crippen molar-refractivity contribution in [3.05, 3.63) is 47.0 Å². The molecule has 176 valence electrons. The van der Waals surface area contributed by atoms with Gasteiger partial charge in [0.15, 0.2) is 16.6 Å². The molecule has 0 saturated carbocycles. The maximum absolute atomic E-state index is 13.3. The number of rotatable bonds is 10. The van der Waals surface area contributed by atoms with Crippen LogP contribution in [0.2, 0.25) is 5.02 Å². The number of halogens is 1. The summed E-state index contributed by atoms with van der Waals surface area (Å²) >= 11 is 7.77. The Morgan fingerprint density at radius 3 is 2.39 bits per heavy atom. The highest BCUT2D eigenvalue weighted by molar-refractivity contribution is 7.23. The molecule has 0 atom stereocenters. The molecule has 3 aromatic rings. The van der Waals surface area contributed by atoms with Gasteiger partial charge in [-0.25, -0.2) is 4.98 Å². The van der Waals surface area contributed by atoms with E-state index < -0.39 is 0 Å². The molecule has 1 aromatic heterocycles. The number of anilines is 1. The number of aromatic nitrogens is 1. The van der Waals surface area contributed by atoms with Crippen molar-refractivity contribution in [2.45, 2.75) is 6.42 Å². The predicted molar refractivity (Wildman–Crippen MR) is 135 cm³/mol. The van der Waals surface area contributed by atoms with Crippen LogP contribution in [0.5, 0.6) is 17.2 Å². The Labute approximate surface area is 203 Å². The van der Waals surface area contributed by atoms with Crippen molar-refractivity contribution in [1.82, 2.24) is 9.88 Å². The molecule has 0 aliphatic carbocycles. The molecule has 3 rings (SSSR count). The lowest BCUT2D eigenvalue weighted by Crippen LogP contribution is -2.32. The molecule has 0 spiro atoms. The Bertz CT molecular complexity index is 1150. The zero-order valence-electron chi connectivity index (χ0n) is 19.4. The Morgan fingerprint density at radius 1 is 1.03 bits per heavy atom. The van der Waals surface area contributed by atoms with Crippen LogP contribution in [0.15, 0.2) is 36.4 Å². The fourth-order valence-corrected chi connectivity index (χ4v) is 4.57. The van der Waals surface area contributed by atoms with Crippen LogP contribution >= 0.6 is 22.9 Å². The van der Waals surface area contributed by atoms with E-state index in [2.05, 4.69) is 4.90 Å². The van der Waals surface area contributed by atoms with Crippen molar-refractivity contribution in [3.8, 4) is 17.2 Å². The molecular formula is C24H28ClN3O4S. The number of ether oxygens (including phenoxy) is 3. The maximum atomic E-state index is 13.3. The minimum absolute atomic E-state index is 0.169. The number of nitrogens with zero attached hydrogens (tertiary/aromatic N) is 3. The summed E-state index contributed by atoms with van der Waals surface area (Å²) < 4.78 is 16.9. The highest BCUT2D eigenvalue weighted by Crippen LogP contribution is 2.39. The zero-order chi connectivity index (χ0) is 24.0. The Kier molecular flexibility index (Phi) is 8.55. The molecule has 0 saturated heterocycles. The SMILES string of the molecule is COc1ccc(C=CC(=O)N(CCCN(C)C)c2nc3c(OC)ccc(Cl)c3s2)cc1OC. The second-order valence-electron chi connectivity index (χ2n) is 7.52. The van der Waals surface area contributed by atoms with Gasteiger partial charge in [0.1, 0.15) is 11.3 Å². The highest BCUT2D eigenvalue weighted by Gasteiger charge is 2.20. The lowest BCUT2D eigenvalue weighted by molar-refractivity contribution is -0.114. The summed E-state index contributed by atoms with van der Waals surface area (Å²) in [7, 11) is 8.77. The number of hydrogen-bond acceptors (Lipinski definition) is 7. The van der Waals surface area contributed by atoms with Gasteiger partial charge >= 0.3 is 0 Å². The van der Waals surface area contributed by atoms with Crippen LogP contribution in [-0.4, -0.2) is 64.3 Å². The van der Waals surface area contributed by atoms with E-state index in [0.29, 0.717) is 39.5 Å². The molecule has 0 fully saturated rings. The molecule has 0 bridgehead atoms. The van der Waals surface area contributed by atoms with Crippen LogP contribution in [0.25, 0.3) is 16.3 Å². The molecular weight excluding hydrogens is 462 g/mol. The summed E-state index contributed by atoms with van der Waals surface area (Å²) in [5.74, 6) is 1.69. The lowest BCUT2D eigenvalue weighted by atomic mass is 10.2. The van der Waals surface area contributed by atoms with Gasteiger partial charge in [0.25, 0.3) is 5.91 Å². The summed E-state index contributed by atoms with van der Waals surface area (Å²) in [6.45, 7) is 1.37. The molecule has 33 heavy (non-hydrogen) atoms. The lowest BCUT2D eigenvalue weighted by Gasteiger charge is -2.19. The standard InChI is InChI=1S/C24H28ClN3O4S/c1-27(2)13-6-14-28(24-26-22-19(31-4)11-9-17(25)23(22)33-24)21(29)12-8-16-7-10-18(30-3)20(15-16)32-5/h7-12,15H,6,13-14H2,1-5H3. The third-order valence-corrected chi connectivity index (χ3v) is 6.52. The number of thiazole rings is 1. The first-order chi connectivity index (χ1) is 15.9. The van der Waals surface area contributed by atoms with Crippen molar-refractivity contribution in [1.29, 1.82) is 0 Å². The molecule has 7 nitrogen and oxygen atoms in total. The molecule has 1 heterocycles. The van der Waals surface area contributed by atoms with Crippen LogP contribution in [0.4, 0.5) is 5.13 Å². The highest BCUT2D eigenvalue weighted by atomic mass is 35.5. The van der Waals surface area contributed by atoms with E-state index in [-0.39, 0.29) is 5.91 Å². The van der Waals surface area contributed by atoms with Gasteiger partial charge in [-0.15, -0.1) is 0 Å². The van der Waals surface area contributed by atoms with Crippen molar-refractivity contribution >= 4 is 50.3 Å². The molecule has 1 amide bonds. The van der Waals surface area contributed by atoms with Crippen molar-refractivity contribution < 1.29 is 19.0 Å². The van der Waals surface area contributed by atoms with Crippen LogP contribution in [0, 0.1) is 0 Å². The molecule has 0 aliphatic heterocycles. The average molecular weight is 490 g/mol. The van der Waals surface area contributed by atoms with E-state index in [1.54, 1.807) is 56.6 Å². The van der Waals surface area contributed by atoms with Crippen molar-refractivity contribution in [2.75, 3.05) is 53.4 Å². The Hall–Kier alpha value is -2.81. The van der Waals surface area contributed by atoms with Crippen LogP contribution in [0.1, 0.15) is 12.0 Å². The molecule has 0 aliphatic rings. The van der Waals surface area contributed by atoms with Gasteiger partial charge in [-0.05, 0) is 63.0 Å². The van der Waals surface area contributed by atoms with Gasteiger partial charge in [0.05, 0.1) is 31.1 Å². The number of fused-ring (bicyclic) bond motifs is 1. The smallest absolute Gasteiger partial charge is 0.252 e. The van der Waals surface area contributed by atoms with E-state index in [1.165, 1.54) is 11.3 Å². The fourth-order valence-electron chi connectivity index (χ4n) is 3.28. The van der Waals surface area contributed by atoms with E-state index in [0.717, 1.165) is 23.2 Å².